The van der Waals surface area contributed by atoms with E-state index in [-0.39, 0.29) is 0 Å². The average Bonchev–Trinajstić information content (AvgIpc) is 1.60. The van der Waals surface area contributed by atoms with Gasteiger partial charge in [0.1, 0.15) is 0 Å². The Morgan fingerprint density at radius 2 is 1.45 bits per heavy atom. The van der Waals surface area contributed by atoms with Gasteiger partial charge in [-0.1, -0.05) is 0 Å². The van der Waals surface area contributed by atoms with E-state index in [9.17, 15) is 11.0 Å². The summed E-state index contributed by atoms with van der Waals surface area (Å²) in [6.45, 7) is 1.08. The van der Waals surface area contributed by atoms with Gasteiger partial charge in [0.15, 0.2) is 0 Å². The van der Waals surface area contributed by atoms with E-state index in [1.807, 2.05) is 0 Å². The molecular weight excluding hydrogens is 241 g/mol. The third kappa shape index (κ3) is 7940. The van der Waals surface area contributed by atoms with Crippen molar-refractivity contribution in [3.63, 3.8) is 0 Å². The summed E-state index contributed by atoms with van der Waals surface area (Å²) in [4.78, 5) is 9.00. The van der Waals surface area contributed by atoms with E-state index in [0.29, 0.717) is 0 Å². The number of carboxylic acids is 1. The minimum atomic E-state index is -3.36. The Bertz CT molecular complexity index is 136. The van der Waals surface area contributed by atoms with Crippen LogP contribution in [0.15, 0.2) is 0 Å². The summed E-state index contributed by atoms with van der Waals surface area (Å²) in [7, 11) is 0. The first-order valence-corrected chi connectivity index (χ1v) is 3.33. The minimum absolute atomic E-state index is 0.833. The van der Waals surface area contributed by atoms with Crippen molar-refractivity contribution in [2.45, 2.75) is 6.92 Å². The molecule has 0 radical (unpaired) electrons. The standard InChI is InChI=1S/C2H4O2.Cu.FO2S.2FH/c1-2(3)4;;1-4(2)3;;/h1H3,(H,3,4);;;2*1H/q;+2;-1;;/p-2. The fourth-order valence-electron chi connectivity index (χ4n) is 0. The number of rotatable bonds is 0. The summed E-state index contributed by atoms with van der Waals surface area (Å²) in [6.07, 6.45) is 0. The number of halogens is 3. The van der Waals surface area contributed by atoms with Crippen molar-refractivity contribution < 1.29 is 45.2 Å². The third-order valence-electron chi connectivity index (χ3n) is 0. The Morgan fingerprint density at radius 3 is 1.45 bits per heavy atom. The van der Waals surface area contributed by atoms with Gasteiger partial charge < -0.3 is 17.4 Å². The van der Waals surface area contributed by atoms with Crippen molar-refractivity contribution >= 4 is 17.1 Å². The average molecular weight is 245 g/mol. The second kappa shape index (κ2) is 16.4. The molecule has 0 saturated heterocycles. The van der Waals surface area contributed by atoms with Crippen LogP contribution in [0, 0.1) is 0 Å². The molecule has 0 rings (SSSR count). The Kier molecular flexibility index (Phi) is 25.3. The summed E-state index contributed by atoms with van der Waals surface area (Å²) in [5, 5.41) is 7.42. The molecule has 1 N–H and O–H groups in total. The Hall–Kier alpha value is -0.271. The Balaban J connectivity index is -0.0000000886. The maximum absolute atomic E-state index is 9.92. The van der Waals surface area contributed by atoms with Crippen LogP contribution in [0.5, 0.6) is 0 Å². The van der Waals surface area contributed by atoms with Crippen LogP contribution in [-0.4, -0.2) is 11.1 Å². The number of hydrogen-bond donors (Lipinski definition) is 1. The molecule has 0 spiro atoms. The van der Waals surface area contributed by atoms with Crippen LogP contribution in [0.4, 0.5) is 11.0 Å². The van der Waals surface area contributed by atoms with Gasteiger partial charge in [-0.05, 0) is 0 Å². The van der Waals surface area contributed by atoms with Crippen LogP contribution < -0.4 is 0 Å². The second-order valence-electron chi connectivity index (χ2n) is 0.756. The van der Waals surface area contributed by atoms with Crippen molar-refractivity contribution in [3.05, 3.63) is 0 Å². The number of aliphatic carboxylic acids is 1. The summed E-state index contributed by atoms with van der Waals surface area (Å²) in [6, 6.07) is 0. The predicted octanol–water partition coefficient (Wildman–Crippen LogP) is 1.11. The van der Waals surface area contributed by atoms with Crippen molar-refractivity contribution in [2.75, 3.05) is 0 Å². The zero-order valence-electron chi connectivity index (χ0n) is 5.02. The molecule has 0 fully saturated rings. The van der Waals surface area contributed by atoms with Crippen LogP contribution in [0.25, 0.3) is 0 Å². The van der Waals surface area contributed by atoms with E-state index in [1.165, 1.54) is 0 Å². The molecule has 0 aliphatic heterocycles. The molecule has 11 heavy (non-hydrogen) atoms. The van der Waals surface area contributed by atoms with Crippen LogP contribution in [0.1, 0.15) is 6.92 Å². The molecule has 0 aromatic heterocycles. The molecule has 0 aliphatic rings. The summed E-state index contributed by atoms with van der Waals surface area (Å²) in [5.41, 5.74) is 0. The summed E-state index contributed by atoms with van der Waals surface area (Å²) in [5.74, 6) is -0.833. The van der Waals surface area contributed by atoms with Crippen LogP contribution in [0.2, 0.25) is 0 Å². The summed E-state index contributed by atoms with van der Waals surface area (Å²) >= 11 is -4.55. The molecule has 9 heteroatoms. The van der Waals surface area contributed by atoms with Gasteiger partial charge in [0, 0.05) is 6.92 Å². The van der Waals surface area contributed by atoms with Crippen molar-refractivity contribution in [2.24, 2.45) is 0 Å². The first-order valence-electron chi connectivity index (χ1n) is 1.64. The van der Waals surface area contributed by atoms with E-state index < -0.39 is 32.9 Å². The molecule has 0 saturated carbocycles. The maximum atomic E-state index is 9.92. The van der Waals surface area contributed by atoms with Gasteiger partial charge in [-0.2, -0.15) is 0 Å². The van der Waals surface area contributed by atoms with E-state index in [1.54, 1.807) is 0 Å². The van der Waals surface area contributed by atoms with Crippen LogP contribution in [0.3, 0.4) is 0 Å². The van der Waals surface area contributed by atoms with Gasteiger partial charge >= 0.3 is 23.0 Å². The fraction of sp³-hybridized carbons (Fsp3) is 0.500. The van der Waals surface area contributed by atoms with Crippen LogP contribution in [-0.2, 0) is 40.2 Å². The van der Waals surface area contributed by atoms with Crippen molar-refractivity contribution in [1.29, 1.82) is 0 Å². The number of carboxylic acid groups (broad SMARTS) is 1. The number of carbonyl (C=O) groups is 1. The number of hydrogen-bond acceptors (Lipinski definition) is 4. The molecule has 0 unspecified atom stereocenters. The predicted molar refractivity (Wildman–Crippen MR) is 25.4 cm³/mol. The van der Waals surface area contributed by atoms with Crippen molar-refractivity contribution in [3.8, 4) is 0 Å². The second-order valence-corrected chi connectivity index (χ2v) is 1.28. The quantitative estimate of drug-likeness (QED) is 0.394. The normalized spacial score (nSPS) is 7.36. The van der Waals surface area contributed by atoms with Gasteiger partial charge in [0.05, 0.1) is 11.1 Å². The molecule has 0 atom stereocenters. The Morgan fingerprint density at radius 1 is 1.45 bits per heavy atom. The molecule has 0 aliphatic carbocycles. The molecule has 0 aromatic carbocycles. The van der Waals surface area contributed by atoms with Gasteiger partial charge in [0.25, 0.3) is 5.97 Å². The molecule has 75 valence electrons. The van der Waals surface area contributed by atoms with E-state index in [0.717, 1.165) is 6.92 Å². The first kappa shape index (κ1) is 17.0. The fourth-order valence-corrected chi connectivity index (χ4v) is 0. The third-order valence-corrected chi connectivity index (χ3v) is 0. The van der Waals surface area contributed by atoms with Crippen molar-refractivity contribution in [1.82, 2.24) is 0 Å². The van der Waals surface area contributed by atoms with Crippen LogP contribution >= 0.6 is 0 Å². The van der Waals surface area contributed by atoms with E-state index in [4.69, 9.17) is 18.3 Å². The monoisotopic (exact) mass is 244 g/mol. The molecule has 0 amide bonds. The van der Waals surface area contributed by atoms with E-state index >= 15 is 0 Å². The topological polar surface area (TPSA) is 71.4 Å². The SMILES string of the molecule is CC(=O)O.O=[S-](=O)F.[F][Cu][F]. The Labute approximate surface area is 69.7 Å². The van der Waals surface area contributed by atoms with Gasteiger partial charge in [-0.15, -0.1) is 0 Å². The van der Waals surface area contributed by atoms with Gasteiger partial charge in [-0.3, -0.25) is 4.79 Å². The molecular formula is C2H4CuF3O4S-. The van der Waals surface area contributed by atoms with Gasteiger partial charge in [0.2, 0.25) is 0 Å². The zero-order chi connectivity index (χ0) is 9.86. The first-order chi connectivity index (χ1) is 4.88. The molecule has 4 nitrogen and oxygen atoms in total. The summed E-state index contributed by atoms with van der Waals surface area (Å²) < 4.78 is 45.6. The zero-order valence-corrected chi connectivity index (χ0v) is 6.77. The van der Waals surface area contributed by atoms with Gasteiger partial charge in [-0.25, -0.2) is 0 Å². The molecule has 0 heterocycles. The molecule has 0 aromatic rings. The molecule has 0 bridgehead atoms. The van der Waals surface area contributed by atoms with E-state index in [2.05, 4.69) is 0 Å².